The Kier molecular flexibility index (Phi) is 5.69. The van der Waals surface area contributed by atoms with Crippen LogP contribution in [0.4, 0.5) is 5.82 Å². The number of fused-ring (bicyclic) bond motifs is 1. The maximum Gasteiger partial charge on any atom is 0.211 e. The number of aromatic nitrogens is 1. The van der Waals surface area contributed by atoms with Crippen LogP contribution in [-0.2, 0) is 10.0 Å². The molecule has 0 fully saturated rings. The van der Waals surface area contributed by atoms with Crippen LogP contribution in [0, 0.1) is 11.3 Å². The van der Waals surface area contributed by atoms with Crippen LogP contribution in [0.5, 0.6) is 0 Å². The summed E-state index contributed by atoms with van der Waals surface area (Å²) in [4.78, 5) is 4.45. The van der Waals surface area contributed by atoms with Crippen LogP contribution in [0.3, 0.4) is 0 Å². The van der Waals surface area contributed by atoms with E-state index in [1.807, 2.05) is 42.5 Å². The third-order valence-corrected chi connectivity index (χ3v) is 4.52. The molecule has 6 nitrogen and oxygen atoms in total. The minimum absolute atomic E-state index is 0.0191. The van der Waals surface area contributed by atoms with Crippen molar-refractivity contribution in [3.63, 3.8) is 0 Å². The number of hydrogen-bond acceptors (Lipinski definition) is 5. The van der Waals surface area contributed by atoms with Gasteiger partial charge in [-0.05, 0) is 24.6 Å². The largest absolute Gasteiger partial charge is 0.369 e. The molecule has 0 saturated heterocycles. The minimum Gasteiger partial charge on any atom is -0.369 e. The lowest BCUT2D eigenvalue weighted by Gasteiger charge is -2.08. The van der Waals surface area contributed by atoms with Gasteiger partial charge in [0, 0.05) is 24.9 Å². The molecule has 2 N–H and O–H groups in total. The maximum atomic E-state index is 11.6. The smallest absolute Gasteiger partial charge is 0.211 e. The summed E-state index contributed by atoms with van der Waals surface area (Å²) >= 11 is 0. The number of anilines is 1. The number of unbranched alkanes of at least 4 members (excludes halogenated alkanes) is 1. The van der Waals surface area contributed by atoms with Crippen molar-refractivity contribution in [1.82, 2.24) is 9.71 Å². The molecule has 0 unspecified atom stereocenters. The molecule has 0 spiro atoms. The third kappa shape index (κ3) is 4.98. The van der Waals surface area contributed by atoms with E-state index in [9.17, 15) is 8.42 Å². The van der Waals surface area contributed by atoms with Crippen molar-refractivity contribution in [3.05, 3.63) is 36.4 Å². The quantitative estimate of drug-likeness (QED) is 0.725. The lowest BCUT2D eigenvalue weighted by molar-refractivity contribution is 0.580. The van der Waals surface area contributed by atoms with Gasteiger partial charge in [0.15, 0.2) is 0 Å². The van der Waals surface area contributed by atoms with E-state index in [1.165, 1.54) is 0 Å². The fourth-order valence-electron chi connectivity index (χ4n) is 1.98. The van der Waals surface area contributed by atoms with Crippen LogP contribution < -0.4 is 10.0 Å². The second-order valence-corrected chi connectivity index (χ2v) is 6.72. The Morgan fingerprint density at radius 1 is 1.14 bits per heavy atom. The van der Waals surface area contributed by atoms with Crippen molar-refractivity contribution >= 4 is 26.7 Å². The lowest BCUT2D eigenvalue weighted by atomic mass is 10.2. The highest BCUT2D eigenvalue weighted by Crippen LogP contribution is 2.14. The number of rotatable bonds is 8. The van der Waals surface area contributed by atoms with Gasteiger partial charge >= 0.3 is 0 Å². The monoisotopic (exact) mass is 318 g/mol. The van der Waals surface area contributed by atoms with E-state index < -0.39 is 10.0 Å². The zero-order valence-electron chi connectivity index (χ0n) is 12.1. The van der Waals surface area contributed by atoms with Crippen LogP contribution in [0.25, 0.3) is 10.9 Å². The normalized spacial score (nSPS) is 11.2. The van der Waals surface area contributed by atoms with Crippen molar-refractivity contribution in [2.75, 3.05) is 24.2 Å². The Bertz CT molecular complexity index is 768. The van der Waals surface area contributed by atoms with E-state index >= 15 is 0 Å². The number of sulfonamides is 1. The van der Waals surface area contributed by atoms with Crippen molar-refractivity contribution in [1.29, 1.82) is 5.26 Å². The molecule has 0 aliphatic carbocycles. The van der Waals surface area contributed by atoms with E-state index in [0.717, 1.165) is 10.9 Å². The summed E-state index contributed by atoms with van der Waals surface area (Å²) in [5, 5.41) is 12.5. The Morgan fingerprint density at radius 2 is 1.95 bits per heavy atom. The molecule has 0 atom stereocenters. The number of para-hydroxylation sites is 1. The molecule has 116 valence electrons. The van der Waals surface area contributed by atoms with Crippen molar-refractivity contribution in [3.8, 4) is 6.07 Å². The first kappa shape index (κ1) is 16.2. The molecular formula is C15H18N4O2S. The first-order valence-electron chi connectivity index (χ1n) is 7.05. The number of nitriles is 1. The molecule has 7 heteroatoms. The summed E-state index contributed by atoms with van der Waals surface area (Å²) < 4.78 is 25.8. The van der Waals surface area contributed by atoms with Gasteiger partial charge in [-0.3, -0.25) is 0 Å². The fraction of sp³-hybridized carbons (Fsp3) is 0.333. The Balaban J connectivity index is 1.79. The summed E-state index contributed by atoms with van der Waals surface area (Å²) in [6.07, 6.45) is 0.603. The second-order valence-electron chi connectivity index (χ2n) is 4.79. The van der Waals surface area contributed by atoms with Crippen molar-refractivity contribution < 1.29 is 8.42 Å². The van der Waals surface area contributed by atoms with Gasteiger partial charge < -0.3 is 5.32 Å². The first-order chi connectivity index (χ1) is 10.6. The Hall–Kier alpha value is -2.17. The van der Waals surface area contributed by atoms with Gasteiger partial charge in [-0.25, -0.2) is 18.1 Å². The van der Waals surface area contributed by atoms with Crippen LogP contribution >= 0.6 is 0 Å². The molecule has 0 aliphatic rings. The highest BCUT2D eigenvalue weighted by molar-refractivity contribution is 7.89. The average molecular weight is 318 g/mol. The number of benzene rings is 1. The third-order valence-electron chi connectivity index (χ3n) is 3.05. The molecule has 1 aromatic heterocycles. The average Bonchev–Trinajstić information content (AvgIpc) is 2.51. The standard InChI is InChI=1S/C15H18N4O2S/c16-9-3-4-12-22(20,21)18-11-10-17-15-8-7-13-5-1-2-6-14(13)19-15/h1-2,5-8,18H,3-4,10-12H2,(H,17,19). The van der Waals surface area contributed by atoms with Gasteiger partial charge in [0.2, 0.25) is 10.0 Å². The van der Waals surface area contributed by atoms with Gasteiger partial charge in [-0.2, -0.15) is 5.26 Å². The Morgan fingerprint density at radius 3 is 2.77 bits per heavy atom. The topological polar surface area (TPSA) is 94.9 Å². The number of nitrogens with one attached hydrogen (secondary N) is 2. The fourth-order valence-corrected chi connectivity index (χ4v) is 3.06. The van der Waals surface area contributed by atoms with Gasteiger partial charge in [-0.1, -0.05) is 18.2 Å². The molecule has 2 rings (SSSR count). The minimum atomic E-state index is -3.30. The summed E-state index contributed by atoms with van der Waals surface area (Å²) in [5.41, 5.74) is 0.893. The summed E-state index contributed by atoms with van der Waals surface area (Å²) in [6.45, 7) is 0.728. The predicted molar refractivity (Wildman–Crippen MR) is 86.9 cm³/mol. The highest BCUT2D eigenvalue weighted by atomic mass is 32.2. The van der Waals surface area contributed by atoms with E-state index in [-0.39, 0.29) is 18.7 Å². The summed E-state index contributed by atoms with van der Waals surface area (Å²) in [7, 11) is -3.30. The Labute approximate surface area is 130 Å². The predicted octanol–water partition coefficient (Wildman–Crippen LogP) is 1.87. The van der Waals surface area contributed by atoms with Crippen molar-refractivity contribution in [2.45, 2.75) is 12.8 Å². The van der Waals surface area contributed by atoms with Crippen molar-refractivity contribution in [2.24, 2.45) is 0 Å². The molecule has 0 radical (unpaired) electrons. The first-order valence-corrected chi connectivity index (χ1v) is 8.70. The molecule has 0 aliphatic heterocycles. The van der Waals surface area contributed by atoms with Crippen LogP contribution in [0.15, 0.2) is 36.4 Å². The molecule has 0 amide bonds. The van der Waals surface area contributed by atoms with E-state index in [2.05, 4.69) is 15.0 Å². The summed E-state index contributed by atoms with van der Waals surface area (Å²) in [5.74, 6) is 0.691. The highest BCUT2D eigenvalue weighted by Gasteiger charge is 2.08. The second kappa shape index (κ2) is 7.73. The van der Waals surface area contributed by atoms with E-state index in [4.69, 9.17) is 5.26 Å². The van der Waals surface area contributed by atoms with E-state index in [1.54, 1.807) is 0 Å². The number of nitrogens with zero attached hydrogens (tertiary/aromatic N) is 2. The molecule has 2 aromatic rings. The van der Waals surface area contributed by atoms with Crippen LogP contribution in [0.2, 0.25) is 0 Å². The van der Waals surface area contributed by atoms with Crippen LogP contribution in [-0.4, -0.2) is 32.2 Å². The maximum absolute atomic E-state index is 11.6. The van der Waals surface area contributed by atoms with Crippen LogP contribution in [0.1, 0.15) is 12.8 Å². The molecule has 1 aromatic carbocycles. The van der Waals surface area contributed by atoms with Gasteiger partial charge in [-0.15, -0.1) is 0 Å². The lowest BCUT2D eigenvalue weighted by Crippen LogP contribution is -2.30. The molecule has 0 bridgehead atoms. The number of pyridine rings is 1. The zero-order chi connectivity index (χ0) is 15.8. The molecular weight excluding hydrogens is 300 g/mol. The van der Waals surface area contributed by atoms with E-state index in [0.29, 0.717) is 18.8 Å². The number of hydrogen-bond donors (Lipinski definition) is 2. The molecule has 0 saturated carbocycles. The van der Waals surface area contributed by atoms with Gasteiger partial charge in [0.1, 0.15) is 5.82 Å². The zero-order valence-corrected chi connectivity index (χ0v) is 12.9. The van der Waals surface area contributed by atoms with Gasteiger partial charge in [0.05, 0.1) is 17.3 Å². The summed E-state index contributed by atoms with van der Waals surface area (Å²) in [6, 6.07) is 13.6. The SMILES string of the molecule is N#CCCCS(=O)(=O)NCCNc1ccc2ccccc2n1. The molecule has 1 heterocycles. The van der Waals surface area contributed by atoms with Gasteiger partial charge in [0.25, 0.3) is 0 Å². The molecule has 22 heavy (non-hydrogen) atoms.